The summed E-state index contributed by atoms with van der Waals surface area (Å²) in [6.07, 6.45) is -1.42. The molecule has 0 amide bonds. The molecule has 1 aliphatic heterocycles. The van der Waals surface area contributed by atoms with Crippen LogP contribution in [0.1, 0.15) is 90.5 Å². The van der Waals surface area contributed by atoms with Gasteiger partial charge in [0.25, 0.3) is 0 Å². The number of esters is 1. The van der Waals surface area contributed by atoms with Crippen LogP contribution in [0, 0.1) is 22.7 Å². The molecular formula is C32H46O11. The third-order valence-corrected chi connectivity index (χ3v) is 12.5. The minimum absolute atomic E-state index is 0.0808. The van der Waals surface area contributed by atoms with Crippen LogP contribution in [0.5, 0.6) is 0 Å². The fraction of sp³-hybridized carbons (Fsp3) is 0.812. The van der Waals surface area contributed by atoms with Gasteiger partial charge in [0.1, 0.15) is 30.0 Å². The topological polar surface area (TPSA) is 176 Å². The molecule has 240 valence electrons. The lowest BCUT2D eigenvalue weighted by Crippen LogP contribution is -2.75. The van der Waals surface area contributed by atoms with Gasteiger partial charge in [-0.15, -0.1) is 0 Å². The lowest BCUT2D eigenvalue weighted by molar-refractivity contribution is -0.327. The molecule has 0 spiro atoms. The summed E-state index contributed by atoms with van der Waals surface area (Å²) in [6.45, 7) is 7.10. The van der Waals surface area contributed by atoms with Crippen molar-refractivity contribution in [2.45, 2.75) is 139 Å². The Morgan fingerprint density at radius 3 is 2.42 bits per heavy atom. The maximum absolute atomic E-state index is 12.8. The average molecular weight is 607 g/mol. The number of aliphatic hydroxyl groups is 5. The van der Waals surface area contributed by atoms with Crippen LogP contribution in [0.3, 0.4) is 0 Å². The zero-order valence-corrected chi connectivity index (χ0v) is 25.3. The molecule has 4 saturated carbocycles. The molecule has 1 aromatic heterocycles. The van der Waals surface area contributed by atoms with Gasteiger partial charge in [-0.25, -0.2) is 4.79 Å². The Balaban J connectivity index is 1.29. The van der Waals surface area contributed by atoms with Gasteiger partial charge in [0.15, 0.2) is 6.29 Å². The van der Waals surface area contributed by atoms with Crippen LogP contribution >= 0.6 is 0 Å². The number of rotatable bonds is 4. The Labute approximate surface area is 251 Å². The first kappa shape index (κ1) is 31.1. The van der Waals surface area contributed by atoms with E-state index in [1.807, 2.05) is 6.92 Å². The Hall–Kier alpha value is -1.86. The molecule has 0 aromatic carbocycles. The summed E-state index contributed by atoms with van der Waals surface area (Å²) < 4.78 is 23.0. The van der Waals surface area contributed by atoms with Crippen molar-refractivity contribution in [3.63, 3.8) is 0 Å². The Bertz CT molecular complexity index is 1260. The smallest absolute Gasteiger partial charge is 0.335 e. The quantitative estimate of drug-likeness (QED) is 0.249. The van der Waals surface area contributed by atoms with Gasteiger partial charge in [-0.2, -0.15) is 0 Å². The summed E-state index contributed by atoms with van der Waals surface area (Å²) in [5.41, 5.74) is -3.78. The highest BCUT2D eigenvalue weighted by Crippen LogP contribution is 2.72. The summed E-state index contributed by atoms with van der Waals surface area (Å²) >= 11 is 0. The summed E-state index contributed by atoms with van der Waals surface area (Å²) in [6, 6.07) is 3.14. The first-order valence-electron chi connectivity index (χ1n) is 15.7. The molecule has 4 aliphatic carbocycles. The van der Waals surface area contributed by atoms with E-state index >= 15 is 0 Å². The van der Waals surface area contributed by atoms with Crippen molar-refractivity contribution in [1.29, 1.82) is 0 Å². The lowest BCUT2D eigenvalue weighted by atomic mass is 9.40. The van der Waals surface area contributed by atoms with Crippen LogP contribution < -0.4 is 5.63 Å². The van der Waals surface area contributed by atoms with Gasteiger partial charge >= 0.3 is 11.6 Å². The SMILES string of the molecule is CC(=O)O[C@@H]1C[C@]2(O)[C@H](CC[C@]3(C)[C@@H](c4ccc(=O)oc4)CC[C@@]32O)[C@@]2(C)CC[C@H](O[C@@H]3O[C@@H](C)[C@H](O)[C@@H](O)[C@H]3O)C[C@H]12. The summed E-state index contributed by atoms with van der Waals surface area (Å²) in [5, 5.41) is 56.3. The van der Waals surface area contributed by atoms with E-state index in [9.17, 15) is 35.1 Å². The fourth-order valence-electron chi connectivity index (χ4n) is 10.2. The van der Waals surface area contributed by atoms with Crippen LogP contribution in [-0.2, 0) is 19.0 Å². The summed E-state index contributed by atoms with van der Waals surface area (Å²) in [7, 11) is 0. The maximum atomic E-state index is 12.8. The number of ether oxygens (including phenoxy) is 3. The second-order valence-corrected chi connectivity index (χ2v) is 14.5. The van der Waals surface area contributed by atoms with Crippen LogP contribution in [0.4, 0.5) is 0 Å². The van der Waals surface area contributed by atoms with Crippen LogP contribution in [0.25, 0.3) is 0 Å². The lowest BCUT2D eigenvalue weighted by Gasteiger charge is -2.68. The number of hydrogen-bond donors (Lipinski definition) is 5. The predicted molar refractivity (Wildman–Crippen MR) is 151 cm³/mol. The van der Waals surface area contributed by atoms with Crippen LogP contribution in [0.2, 0.25) is 0 Å². The second kappa shape index (κ2) is 10.6. The van der Waals surface area contributed by atoms with Crippen molar-refractivity contribution in [2.75, 3.05) is 0 Å². The molecule has 5 aliphatic rings. The Morgan fingerprint density at radius 1 is 1.00 bits per heavy atom. The minimum atomic E-state index is -1.53. The highest BCUT2D eigenvalue weighted by atomic mass is 16.7. The van der Waals surface area contributed by atoms with Gasteiger partial charge in [-0.3, -0.25) is 4.79 Å². The molecule has 2 heterocycles. The molecule has 5 N–H and O–H groups in total. The monoisotopic (exact) mass is 606 g/mol. The molecule has 1 aromatic rings. The van der Waals surface area contributed by atoms with Gasteiger partial charge < -0.3 is 44.2 Å². The number of fused-ring (bicyclic) bond motifs is 5. The number of hydrogen-bond acceptors (Lipinski definition) is 11. The largest absolute Gasteiger partial charge is 0.462 e. The van der Waals surface area contributed by atoms with Crippen molar-refractivity contribution in [3.05, 3.63) is 34.4 Å². The minimum Gasteiger partial charge on any atom is -0.462 e. The molecule has 11 heteroatoms. The highest BCUT2D eigenvalue weighted by Gasteiger charge is 2.75. The van der Waals surface area contributed by atoms with Gasteiger partial charge in [-0.05, 0) is 80.8 Å². The van der Waals surface area contributed by atoms with E-state index in [2.05, 4.69) is 6.92 Å². The zero-order valence-electron chi connectivity index (χ0n) is 25.3. The molecule has 0 radical (unpaired) electrons. The normalized spacial score (nSPS) is 51.2. The third kappa shape index (κ3) is 4.56. The van der Waals surface area contributed by atoms with Crippen molar-refractivity contribution in [2.24, 2.45) is 22.7 Å². The van der Waals surface area contributed by atoms with Gasteiger partial charge in [0, 0.05) is 30.7 Å². The second-order valence-electron chi connectivity index (χ2n) is 14.5. The van der Waals surface area contributed by atoms with Gasteiger partial charge in [-0.1, -0.05) is 13.8 Å². The van der Waals surface area contributed by atoms with Crippen molar-refractivity contribution < 1.29 is 49.0 Å². The zero-order chi connectivity index (χ0) is 31.1. The average Bonchev–Trinajstić information content (AvgIpc) is 3.23. The third-order valence-electron chi connectivity index (χ3n) is 12.5. The van der Waals surface area contributed by atoms with Crippen molar-refractivity contribution >= 4 is 5.97 Å². The molecule has 11 nitrogen and oxygen atoms in total. The van der Waals surface area contributed by atoms with E-state index in [0.717, 1.165) is 5.56 Å². The molecule has 14 atom stereocenters. The van der Waals surface area contributed by atoms with Crippen LogP contribution in [0.15, 0.2) is 27.6 Å². The summed E-state index contributed by atoms with van der Waals surface area (Å²) in [4.78, 5) is 24.0. The molecular weight excluding hydrogens is 560 g/mol. The molecule has 6 rings (SSSR count). The van der Waals surface area contributed by atoms with Gasteiger partial charge in [0.2, 0.25) is 0 Å². The predicted octanol–water partition coefficient (Wildman–Crippen LogP) is 1.75. The highest BCUT2D eigenvalue weighted by molar-refractivity contribution is 5.66. The van der Waals surface area contributed by atoms with Crippen molar-refractivity contribution in [3.8, 4) is 0 Å². The fourth-order valence-corrected chi connectivity index (χ4v) is 10.2. The standard InChI is InChI=1S/C32H46O11/c1-16-25(35)26(36)27(37)28(41-16)43-19-7-10-29(3)21(13-19)22(42-17(2)33)14-31(38)23(29)9-11-30(4)20(8-12-32(30,31)39)18-5-6-24(34)40-15-18/h5-6,15-16,19-23,25-28,35-39H,7-14H2,1-4H3/t16-,19-,20+,21+,22+,23+,25-,26+,27+,28-,29-,30+,31-,32+/m0/s1. The summed E-state index contributed by atoms with van der Waals surface area (Å²) in [5.74, 6) is -1.05. The van der Waals surface area contributed by atoms with Crippen LogP contribution in [-0.4, -0.2) is 85.6 Å². The van der Waals surface area contributed by atoms with E-state index in [1.165, 1.54) is 19.3 Å². The van der Waals surface area contributed by atoms with Gasteiger partial charge in [0.05, 0.1) is 24.1 Å². The molecule has 5 fully saturated rings. The van der Waals surface area contributed by atoms with E-state index in [0.29, 0.717) is 44.9 Å². The van der Waals surface area contributed by atoms with E-state index in [-0.39, 0.29) is 30.3 Å². The van der Waals surface area contributed by atoms with E-state index in [1.54, 1.807) is 13.0 Å². The first-order chi connectivity index (χ1) is 20.1. The molecule has 1 saturated heterocycles. The number of carbonyl (C=O) groups excluding carboxylic acids is 1. The molecule has 43 heavy (non-hydrogen) atoms. The number of carbonyl (C=O) groups is 1. The van der Waals surface area contributed by atoms with E-state index < -0.39 is 70.4 Å². The molecule has 0 unspecified atom stereocenters. The van der Waals surface area contributed by atoms with Crippen molar-refractivity contribution in [1.82, 2.24) is 0 Å². The number of aliphatic hydroxyl groups excluding tert-OH is 3. The van der Waals surface area contributed by atoms with E-state index in [4.69, 9.17) is 18.6 Å². The molecule has 0 bridgehead atoms. The first-order valence-corrected chi connectivity index (χ1v) is 15.7. The Kier molecular flexibility index (Phi) is 7.68. The Morgan fingerprint density at radius 2 is 1.74 bits per heavy atom. The maximum Gasteiger partial charge on any atom is 0.335 e.